The molecule has 0 radical (unpaired) electrons. The van der Waals surface area contributed by atoms with Crippen LogP contribution < -0.4 is 0 Å². The average Bonchev–Trinajstić information content (AvgIpc) is 1.87. The van der Waals surface area contributed by atoms with Gasteiger partial charge in [0.25, 0.3) is 0 Å². The third-order valence-electron chi connectivity index (χ3n) is 1.70. The van der Waals surface area contributed by atoms with Gasteiger partial charge in [-0.3, -0.25) is 4.79 Å². The molecule has 0 rings (SSSR count). The Kier molecular flexibility index (Phi) is 4.41. The molecule has 0 aromatic rings. The van der Waals surface area contributed by atoms with Crippen LogP contribution in [-0.2, 0) is 9.53 Å². The molecule has 0 N–H and O–H groups in total. The molecule has 0 atom stereocenters. The van der Waals surface area contributed by atoms with Crippen LogP contribution in [0.3, 0.4) is 0 Å². The van der Waals surface area contributed by atoms with Crippen LogP contribution in [0.15, 0.2) is 0 Å². The van der Waals surface area contributed by atoms with Gasteiger partial charge in [0.15, 0.2) is 0 Å². The Morgan fingerprint density at radius 1 is 1.55 bits per heavy atom. The summed E-state index contributed by atoms with van der Waals surface area (Å²) in [6.07, 6.45) is 1.47. The highest BCUT2D eigenvalue weighted by Crippen LogP contribution is 2.14. The minimum Gasteiger partial charge on any atom is -0.460 e. The number of hydrogen-bond acceptors (Lipinski definition) is 2. The predicted molar refractivity (Wildman–Crippen MR) is 49.8 cm³/mol. The molecule has 0 aromatic carbocycles. The number of esters is 1. The average molecular weight is 174 g/mol. The zero-order chi connectivity index (χ0) is 8.91. The number of hydrogen-bond donors (Lipinski definition) is 0. The summed E-state index contributed by atoms with van der Waals surface area (Å²) < 4.78 is 5.21. The lowest BCUT2D eigenvalue weighted by Crippen LogP contribution is -2.26. The normalized spacial score (nSPS) is 11.5. The summed E-state index contributed by atoms with van der Waals surface area (Å²) in [5.41, 5.74) is -0.270. The van der Waals surface area contributed by atoms with Crippen LogP contribution >= 0.6 is 0 Å². The van der Waals surface area contributed by atoms with Gasteiger partial charge in [-0.15, -0.1) is 0 Å². The highest BCUT2D eigenvalue weighted by molar-refractivity contribution is 6.09. The van der Waals surface area contributed by atoms with Crippen molar-refractivity contribution in [1.29, 1.82) is 0 Å². The van der Waals surface area contributed by atoms with Gasteiger partial charge in [-0.2, -0.15) is 0 Å². The van der Waals surface area contributed by atoms with Gasteiger partial charge in [0, 0.05) is 16.7 Å². The van der Waals surface area contributed by atoms with E-state index in [4.69, 9.17) is 4.74 Å². The lowest BCUT2D eigenvalue weighted by atomic mass is 10.1. The van der Waals surface area contributed by atoms with Gasteiger partial charge in [-0.1, -0.05) is 13.0 Å². The molecule has 0 saturated carbocycles. The van der Waals surface area contributed by atoms with Crippen LogP contribution in [0.25, 0.3) is 0 Å². The second-order valence-corrected chi connectivity index (χ2v) is 4.34. The number of rotatable bonds is 4. The van der Waals surface area contributed by atoms with E-state index in [1.54, 1.807) is 0 Å². The molecular formula is C8H18O2Si. The molecule has 66 valence electrons. The quantitative estimate of drug-likeness (QED) is 0.467. The largest absolute Gasteiger partial charge is 0.460 e. The van der Waals surface area contributed by atoms with Gasteiger partial charge in [0.05, 0.1) is 0 Å². The first-order chi connectivity index (χ1) is 5.02. The molecule has 0 fully saturated rings. The molecule has 0 aliphatic carbocycles. The van der Waals surface area contributed by atoms with Gasteiger partial charge in [-0.05, 0) is 20.3 Å². The fourth-order valence-corrected chi connectivity index (χ4v) is 1.04. The van der Waals surface area contributed by atoms with E-state index in [0.717, 1.165) is 22.7 Å². The fraction of sp³-hybridized carbons (Fsp3) is 0.875. The molecule has 0 saturated heterocycles. The Hall–Kier alpha value is -0.313. The zero-order valence-corrected chi connectivity index (χ0v) is 9.94. The van der Waals surface area contributed by atoms with E-state index in [0.29, 0.717) is 6.42 Å². The van der Waals surface area contributed by atoms with Crippen molar-refractivity contribution in [2.75, 3.05) is 0 Å². The van der Waals surface area contributed by atoms with Gasteiger partial charge in [0.2, 0.25) is 0 Å². The summed E-state index contributed by atoms with van der Waals surface area (Å²) in [6, 6.07) is 0.999. The summed E-state index contributed by atoms with van der Waals surface area (Å²) in [7, 11) is 1.08. The van der Waals surface area contributed by atoms with Crippen molar-refractivity contribution >= 4 is 16.2 Å². The van der Waals surface area contributed by atoms with Crippen molar-refractivity contribution in [3.63, 3.8) is 0 Å². The summed E-state index contributed by atoms with van der Waals surface area (Å²) >= 11 is 0. The van der Waals surface area contributed by atoms with Crippen molar-refractivity contribution in [1.82, 2.24) is 0 Å². The van der Waals surface area contributed by atoms with Crippen molar-refractivity contribution in [3.8, 4) is 0 Å². The topological polar surface area (TPSA) is 26.3 Å². The minimum atomic E-state index is -0.270. The molecule has 0 spiro atoms. The maximum absolute atomic E-state index is 11.0. The van der Waals surface area contributed by atoms with Gasteiger partial charge in [0.1, 0.15) is 5.60 Å². The van der Waals surface area contributed by atoms with E-state index >= 15 is 0 Å². The van der Waals surface area contributed by atoms with Crippen LogP contribution in [-0.4, -0.2) is 21.8 Å². The third-order valence-corrected chi connectivity index (χ3v) is 2.20. The fourth-order valence-electron chi connectivity index (χ4n) is 0.635. The molecule has 0 amide bonds. The van der Waals surface area contributed by atoms with Crippen LogP contribution in [0.4, 0.5) is 0 Å². The zero-order valence-electron chi connectivity index (χ0n) is 7.94. The first-order valence-corrected chi connectivity index (χ1v) is 5.65. The summed E-state index contributed by atoms with van der Waals surface area (Å²) in [4.78, 5) is 11.0. The molecule has 11 heavy (non-hydrogen) atoms. The van der Waals surface area contributed by atoms with Gasteiger partial charge >= 0.3 is 5.97 Å². The third kappa shape index (κ3) is 5.01. The smallest absolute Gasteiger partial charge is 0.305 e. The van der Waals surface area contributed by atoms with Gasteiger partial charge < -0.3 is 4.74 Å². The summed E-state index contributed by atoms with van der Waals surface area (Å²) in [5.74, 6) is -0.0492. The number of carbonyl (C=O) groups is 1. The van der Waals surface area contributed by atoms with E-state index in [1.165, 1.54) is 0 Å². The minimum absolute atomic E-state index is 0.0492. The van der Waals surface area contributed by atoms with Crippen LogP contribution in [0.1, 0.15) is 33.6 Å². The van der Waals surface area contributed by atoms with Crippen molar-refractivity contribution < 1.29 is 9.53 Å². The molecule has 3 heteroatoms. The van der Waals surface area contributed by atoms with Crippen LogP contribution in [0.5, 0.6) is 0 Å². The number of carbonyl (C=O) groups excluding carboxylic acids is 1. The Bertz CT molecular complexity index is 132. The lowest BCUT2D eigenvalue weighted by Gasteiger charge is -2.22. The first kappa shape index (κ1) is 10.7. The molecule has 0 heterocycles. The van der Waals surface area contributed by atoms with E-state index < -0.39 is 0 Å². The monoisotopic (exact) mass is 174 g/mol. The number of ether oxygens (including phenoxy) is 1. The molecular weight excluding hydrogens is 156 g/mol. The maximum atomic E-state index is 11.0. The Morgan fingerprint density at radius 3 is 2.45 bits per heavy atom. The Balaban J connectivity index is 3.74. The van der Waals surface area contributed by atoms with Crippen molar-refractivity contribution in [2.45, 2.75) is 45.3 Å². The van der Waals surface area contributed by atoms with E-state index in [2.05, 4.69) is 0 Å². The van der Waals surface area contributed by atoms with Crippen molar-refractivity contribution in [3.05, 3.63) is 0 Å². The first-order valence-electron chi connectivity index (χ1n) is 4.23. The standard InChI is InChI=1S/C8H18O2Si/c1-4-8(2,3)10-7(9)5-6-11/h4-6H2,1-3,11H3. The second kappa shape index (κ2) is 4.54. The molecule has 0 aliphatic rings. The van der Waals surface area contributed by atoms with Crippen LogP contribution in [0, 0.1) is 0 Å². The molecule has 0 aromatic heterocycles. The van der Waals surface area contributed by atoms with E-state index in [9.17, 15) is 4.79 Å². The highest BCUT2D eigenvalue weighted by atomic mass is 28.1. The van der Waals surface area contributed by atoms with Crippen LogP contribution in [0.2, 0.25) is 6.04 Å². The second-order valence-electron chi connectivity index (χ2n) is 3.34. The van der Waals surface area contributed by atoms with Crippen molar-refractivity contribution in [2.24, 2.45) is 0 Å². The molecule has 0 bridgehead atoms. The predicted octanol–water partition coefficient (Wildman–Crippen LogP) is 0.892. The maximum Gasteiger partial charge on any atom is 0.305 e. The van der Waals surface area contributed by atoms with E-state index in [-0.39, 0.29) is 11.6 Å². The Morgan fingerprint density at radius 2 is 2.09 bits per heavy atom. The summed E-state index contributed by atoms with van der Waals surface area (Å²) in [6.45, 7) is 5.91. The molecule has 0 unspecified atom stereocenters. The Labute approximate surface area is 71.7 Å². The highest BCUT2D eigenvalue weighted by Gasteiger charge is 2.19. The van der Waals surface area contributed by atoms with E-state index in [1.807, 2.05) is 20.8 Å². The summed E-state index contributed by atoms with van der Waals surface area (Å²) in [5, 5.41) is 0. The lowest BCUT2D eigenvalue weighted by molar-refractivity contribution is -0.156. The molecule has 2 nitrogen and oxygen atoms in total. The van der Waals surface area contributed by atoms with Gasteiger partial charge in [-0.25, -0.2) is 0 Å². The SMILES string of the molecule is CCC(C)(C)OC(=O)CC[SiH3]. The molecule has 0 aliphatic heterocycles.